The number of carboxylic acids is 1. The molecule has 1 N–H and O–H groups in total. The lowest BCUT2D eigenvalue weighted by atomic mass is 9.83. The first-order chi connectivity index (χ1) is 19.7. The summed E-state index contributed by atoms with van der Waals surface area (Å²) >= 11 is 1.47. The van der Waals surface area contributed by atoms with Crippen molar-refractivity contribution in [1.29, 1.82) is 0 Å². The summed E-state index contributed by atoms with van der Waals surface area (Å²) in [5, 5.41) is 9.67. The molecule has 0 saturated carbocycles. The van der Waals surface area contributed by atoms with Gasteiger partial charge in [0.15, 0.2) is 0 Å². The molecule has 0 bridgehead atoms. The number of benzene rings is 3. The molecule has 0 spiro atoms. The Morgan fingerprint density at radius 3 is 2.19 bits per heavy atom. The number of carboxylic acid groups (broad SMARTS) is 1. The number of carbonyl (C=O) groups is 1. The molecule has 0 radical (unpaired) electrons. The molecular formula is C33H34F3NO4S. The predicted molar refractivity (Wildman–Crippen MR) is 159 cm³/mol. The van der Waals surface area contributed by atoms with E-state index in [0.29, 0.717) is 17.9 Å². The minimum atomic E-state index is -4.56. The summed E-state index contributed by atoms with van der Waals surface area (Å²) < 4.78 is 52.6. The van der Waals surface area contributed by atoms with Gasteiger partial charge in [0.05, 0.1) is 19.1 Å². The number of methoxy groups -OCH3 is 1. The van der Waals surface area contributed by atoms with Crippen molar-refractivity contribution >= 4 is 17.9 Å². The maximum atomic E-state index is 13.2. The number of aliphatic carboxylic acids is 1. The first-order valence-electron chi connectivity index (χ1n) is 13.4. The molecule has 5 nitrogen and oxygen atoms in total. The number of nitrogens with zero attached hydrogens (tertiary/aromatic N) is 1. The van der Waals surface area contributed by atoms with Gasteiger partial charge in [-0.05, 0) is 92.6 Å². The van der Waals surface area contributed by atoms with Gasteiger partial charge >= 0.3 is 12.1 Å². The lowest BCUT2D eigenvalue weighted by Crippen LogP contribution is -2.28. The average Bonchev–Trinajstić information content (AvgIpc) is 3.40. The first-order valence-corrected chi connectivity index (χ1v) is 14.1. The van der Waals surface area contributed by atoms with Crippen molar-refractivity contribution in [2.45, 2.75) is 64.2 Å². The Kier molecular flexibility index (Phi) is 9.13. The lowest BCUT2D eigenvalue weighted by Gasteiger charge is -2.24. The quantitative estimate of drug-likeness (QED) is 0.184. The summed E-state index contributed by atoms with van der Waals surface area (Å²) in [6.45, 7) is 9.88. The van der Waals surface area contributed by atoms with Crippen molar-refractivity contribution < 1.29 is 32.2 Å². The van der Waals surface area contributed by atoms with Gasteiger partial charge in [-0.1, -0.05) is 54.1 Å². The Balaban J connectivity index is 1.68. The summed E-state index contributed by atoms with van der Waals surface area (Å²) in [5.41, 5.74) is 5.44. The highest BCUT2D eigenvalue weighted by Gasteiger charge is 2.35. The Hall–Kier alpha value is -3.69. The van der Waals surface area contributed by atoms with Gasteiger partial charge in [0.1, 0.15) is 11.5 Å². The van der Waals surface area contributed by atoms with E-state index in [1.54, 1.807) is 27.0 Å². The van der Waals surface area contributed by atoms with Crippen LogP contribution in [0.5, 0.6) is 5.75 Å². The zero-order chi connectivity index (χ0) is 30.8. The van der Waals surface area contributed by atoms with E-state index in [2.05, 4.69) is 12.1 Å². The van der Waals surface area contributed by atoms with Crippen LogP contribution in [0, 0.1) is 20.8 Å². The molecule has 9 heteroatoms. The van der Waals surface area contributed by atoms with Crippen LogP contribution in [0.15, 0.2) is 76.0 Å². The van der Waals surface area contributed by atoms with Gasteiger partial charge < -0.3 is 14.3 Å². The number of hydrogen-bond acceptors (Lipinski definition) is 5. The van der Waals surface area contributed by atoms with E-state index in [1.807, 2.05) is 61.5 Å². The summed E-state index contributed by atoms with van der Waals surface area (Å²) in [6.07, 6.45) is -4.56. The van der Waals surface area contributed by atoms with Crippen LogP contribution in [0.4, 0.5) is 13.2 Å². The minimum absolute atomic E-state index is 0.130. The predicted octanol–water partition coefficient (Wildman–Crippen LogP) is 8.97. The minimum Gasteiger partial charge on any atom is -0.496 e. The van der Waals surface area contributed by atoms with E-state index in [4.69, 9.17) is 9.15 Å². The largest absolute Gasteiger partial charge is 0.496 e. The van der Waals surface area contributed by atoms with Crippen molar-refractivity contribution in [1.82, 2.24) is 4.31 Å². The highest BCUT2D eigenvalue weighted by Crippen LogP contribution is 2.37. The molecule has 0 unspecified atom stereocenters. The van der Waals surface area contributed by atoms with Gasteiger partial charge in [-0.3, -0.25) is 4.79 Å². The smallest absolute Gasteiger partial charge is 0.449 e. The Bertz CT molecular complexity index is 1570. The molecule has 222 valence electrons. The lowest BCUT2D eigenvalue weighted by molar-refractivity contribution is -0.153. The summed E-state index contributed by atoms with van der Waals surface area (Å²) in [4.78, 5) is 12.8. The van der Waals surface area contributed by atoms with Crippen molar-refractivity contribution in [2.75, 3.05) is 7.11 Å². The van der Waals surface area contributed by atoms with E-state index < -0.39 is 23.3 Å². The van der Waals surface area contributed by atoms with E-state index in [9.17, 15) is 23.1 Å². The summed E-state index contributed by atoms with van der Waals surface area (Å²) in [7, 11) is 1.57. The molecule has 4 aromatic rings. The topological polar surface area (TPSA) is 62.9 Å². The average molecular weight is 598 g/mol. The molecule has 1 heterocycles. The molecule has 0 aliphatic heterocycles. The number of alkyl halides is 3. The third-order valence-electron chi connectivity index (χ3n) is 7.18. The van der Waals surface area contributed by atoms with Gasteiger partial charge in [-0.2, -0.15) is 13.2 Å². The first kappa shape index (κ1) is 31.3. The fourth-order valence-electron chi connectivity index (χ4n) is 4.81. The van der Waals surface area contributed by atoms with Gasteiger partial charge in [0.25, 0.3) is 0 Å². The number of hydrogen-bond donors (Lipinski definition) is 1. The van der Waals surface area contributed by atoms with Crippen molar-refractivity contribution in [2.24, 2.45) is 0 Å². The molecule has 0 amide bonds. The molecule has 0 aliphatic carbocycles. The van der Waals surface area contributed by atoms with Crippen LogP contribution in [0.3, 0.4) is 0 Å². The zero-order valence-corrected chi connectivity index (χ0v) is 25.2. The molecule has 0 aliphatic rings. The molecule has 4 rings (SSSR count). The number of aryl methyl sites for hydroxylation is 3. The third kappa shape index (κ3) is 7.02. The zero-order valence-electron chi connectivity index (χ0n) is 24.4. The van der Waals surface area contributed by atoms with Crippen LogP contribution in [0.2, 0.25) is 0 Å². The monoisotopic (exact) mass is 597 g/mol. The molecule has 3 aromatic carbocycles. The van der Waals surface area contributed by atoms with Crippen LogP contribution in [-0.4, -0.2) is 22.5 Å². The van der Waals surface area contributed by atoms with E-state index >= 15 is 0 Å². The second-order valence-corrected chi connectivity index (χ2v) is 12.0. The fourth-order valence-corrected chi connectivity index (χ4v) is 5.86. The normalized spacial score (nSPS) is 12.1. The van der Waals surface area contributed by atoms with E-state index in [-0.39, 0.29) is 12.3 Å². The van der Waals surface area contributed by atoms with Crippen LogP contribution in [-0.2, 0) is 29.5 Å². The summed E-state index contributed by atoms with van der Waals surface area (Å²) in [5.74, 6) is -1.14. The van der Waals surface area contributed by atoms with Gasteiger partial charge in [0.2, 0.25) is 5.76 Å². The van der Waals surface area contributed by atoms with Crippen molar-refractivity contribution in [3.05, 3.63) is 106 Å². The second kappa shape index (κ2) is 12.3. The molecule has 1 aromatic heterocycles. The molecule has 0 saturated heterocycles. The van der Waals surface area contributed by atoms with Gasteiger partial charge in [-0.15, -0.1) is 0 Å². The molecular weight excluding hydrogens is 563 g/mol. The molecule has 0 fully saturated rings. The standard InChI is InChI=1S/C33H34F3NO4S/c1-20-14-21(2)30(22(3)15-20)42-37(19-27-12-13-29(41-27)33(34,35)36)18-25-11-10-24(17-28(25)40-6)23-8-7-9-26(16-23)32(4,5)31(38)39/h7-17H,18-19H2,1-6H3,(H,38,39). The number of halogens is 3. The second-order valence-electron chi connectivity index (χ2n) is 10.9. The number of furan rings is 1. The van der Waals surface area contributed by atoms with Crippen LogP contribution in [0.1, 0.15) is 53.2 Å². The Morgan fingerprint density at radius 2 is 1.60 bits per heavy atom. The maximum absolute atomic E-state index is 13.2. The number of ether oxygens (including phenoxy) is 1. The van der Waals surface area contributed by atoms with Crippen LogP contribution < -0.4 is 4.74 Å². The van der Waals surface area contributed by atoms with Crippen LogP contribution >= 0.6 is 11.9 Å². The van der Waals surface area contributed by atoms with Crippen molar-refractivity contribution in [3.8, 4) is 16.9 Å². The fraction of sp³-hybridized carbons (Fsp3) is 0.303. The highest BCUT2D eigenvalue weighted by atomic mass is 32.2. The molecule has 42 heavy (non-hydrogen) atoms. The maximum Gasteiger partial charge on any atom is 0.449 e. The van der Waals surface area contributed by atoms with Gasteiger partial charge in [0, 0.05) is 17.0 Å². The van der Waals surface area contributed by atoms with E-state index in [1.165, 1.54) is 18.0 Å². The van der Waals surface area contributed by atoms with E-state index in [0.717, 1.165) is 44.3 Å². The SMILES string of the molecule is COc1cc(-c2cccc(C(C)(C)C(=O)O)c2)ccc1CN(Cc1ccc(C(F)(F)F)o1)Sc1c(C)cc(C)cc1C. The van der Waals surface area contributed by atoms with Crippen molar-refractivity contribution in [3.63, 3.8) is 0 Å². The molecule has 0 atom stereocenters. The highest BCUT2D eigenvalue weighted by molar-refractivity contribution is 7.97. The Morgan fingerprint density at radius 1 is 0.929 bits per heavy atom. The van der Waals surface area contributed by atoms with Crippen LogP contribution in [0.25, 0.3) is 11.1 Å². The number of rotatable bonds is 10. The third-order valence-corrected chi connectivity index (χ3v) is 8.53. The summed E-state index contributed by atoms with van der Waals surface area (Å²) in [6, 6.07) is 19.6. The Labute approximate surface area is 248 Å². The van der Waals surface area contributed by atoms with Gasteiger partial charge in [-0.25, -0.2) is 4.31 Å².